The Morgan fingerprint density at radius 2 is 1.39 bits per heavy atom. The van der Waals surface area contributed by atoms with Crippen molar-refractivity contribution in [3.63, 3.8) is 0 Å². The molecule has 1 saturated heterocycles. The van der Waals surface area contributed by atoms with Crippen molar-refractivity contribution in [3.8, 4) is 0 Å². The van der Waals surface area contributed by atoms with E-state index in [1.807, 2.05) is 65.6 Å². The molecule has 3 amide bonds. The van der Waals surface area contributed by atoms with Gasteiger partial charge in [0.25, 0.3) is 0 Å². The molecule has 0 saturated carbocycles. The molecule has 2 aromatic carbocycles. The summed E-state index contributed by atoms with van der Waals surface area (Å²) < 4.78 is 0. The topological polar surface area (TPSA) is 148 Å². The van der Waals surface area contributed by atoms with Crippen molar-refractivity contribution in [2.24, 2.45) is 0 Å². The third-order valence-corrected chi connectivity index (χ3v) is 7.32. The van der Waals surface area contributed by atoms with E-state index in [4.69, 9.17) is 10.2 Å². The number of piperazine rings is 1. The first-order valence-corrected chi connectivity index (χ1v) is 14.9. The largest absolute Gasteiger partial charge is 0.478 e. The summed E-state index contributed by atoms with van der Waals surface area (Å²) in [5.41, 5.74) is 2.14. The Bertz CT molecular complexity index is 1200. The van der Waals surface area contributed by atoms with Crippen molar-refractivity contribution in [2.75, 3.05) is 52.1 Å². The van der Waals surface area contributed by atoms with Crippen LogP contribution in [0.25, 0.3) is 0 Å². The van der Waals surface area contributed by atoms with Crippen molar-refractivity contribution in [1.82, 2.24) is 20.0 Å². The molecule has 3 N–H and O–H groups in total. The van der Waals surface area contributed by atoms with E-state index in [2.05, 4.69) is 17.3 Å². The van der Waals surface area contributed by atoms with Gasteiger partial charge in [0.1, 0.15) is 6.04 Å². The molecule has 1 aliphatic heterocycles. The minimum atomic E-state index is -1.26. The van der Waals surface area contributed by atoms with Crippen molar-refractivity contribution in [3.05, 3.63) is 83.9 Å². The predicted octanol–water partition coefficient (Wildman–Crippen LogP) is 3.25. The molecule has 2 aromatic rings. The van der Waals surface area contributed by atoms with E-state index in [-0.39, 0.29) is 24.5 Å². The number of carbonyl (C=O) groups is 5. The van der Waals surface area contributed by atoms with Crippen LogP contribution in [0.4, 0.5) is 4.79 Å². The second-order valence-corrected chi connectivity index (χ2v) is 11.2. The summed E-state index contributed by atoms with van der Waals surface area (Å²) in [5, 5.41) is 18.7. The van der Waals surface area contributed by atoms with Crippen LogP contribution in [0, 0.1) is 0 Å². The van der Waals surface area contributed by atoms with E-state index in [1.54, 1.807) is 4.90 Å². The number of carbonyl (C=O) groups excluding carboxylic acids is 3. The first-order chi connectivity index (χ1) is 20.5. The zero-order valence-electron chi connectivity index (χ0n) is 24.6. The molecule has 0 bridgehead atoms. The number of likely N-dealkylation sites (N-methyl/N-ethyl adjacent to an activating group) is 1. The summed E-state index contributed by atoms with van der Waals surface area (Å²) in [4.78, 5) is 63.2. The van der Waals surface area contributed by atoms with Gasteiger partial charge in [0.2, 0.25) is 5.91 Å². The highest BCUT2D eigenvalue weighted by atomic mass is 32.2. The van der Waals surface area contributed by atoms with Crippen LogP contribution in [0.3, 0.4) is 0 Å². The Morgan fingerprint density at radius 3 is 1.89 bits per heavy atom. The van der Waals surface area contributed by atoms with Crippen LogP contribution in [0.5, 0.6) is 0 Å². The van der Waals surface area contributed by atoms with Gasteiger partial charge in [-0.05, 0) is 24.6 Å². The van der Waals surface area contributed by atoms with Gasteiger partial charge in [0, 0.05) is 70.5 Å². The lowest BCUT2D eigenvalue weighted by atomic mass is 10.0. The second-order valence-electron chi connectivity index (χ2n) is 9.89. The highest BCUT2D eigenvalue weighted by Crippen LogP contribution is 2.11. The van der Waals surface area contributed by atoms with E-state index >= 15 is 0 Å². The molecule has 11 nitrogen and oxygen atoms in total. The van der Waals surface area contributed by atoms with Crippen molar-refractivity contribution >= 4 is 40.8 Å². The number of amides is 3. The normalized spacial score (nSPS) is 13.5. The van der Waals surface area contributed by atoms with Gasteiger partial charge in [0.05, 0.1) is 0 Å². The fourth-order valence-electron chi connectivity index (χ4n) is 4.20. The van der Waals surface area contributed by atoms with Gasteiger partial charge < -0.3 is 30.2 Å². The summed E-state index contributed by atoms with van der Waals surface area (Å²) in [6.45, 7) is 5.43. The Morgan fingerprint density at radius 1 is 0.864 bits per heavy atom. The number of nitrogens with zero attached hydrogens (tertiary/aromatic N) is 3. The van der Waals surface area contributed by atoms with Crippen LogP contribution in [0.15, 0.2) is 72.8 Å². The quantitative estimate of drug-likeness (QED) is 0.301. The molecular weight excluding hydrogens is 584 g/mol. The van der Waals surface area contributed by atoms with E-state index in [0.29, 0.717) is 56.9 Å². The lowest BCUT2D eigenvalue weighted by Crippen LogP contribution is -2.57. The molecule has 0 aromatic heterocycles. The number of rotatable bonds is 12. The number of carboxylic acids is 2. The number of benzene rings is 2. The molecule has 240 valence electrons. The van der Waals surface area contributed by atoms with E-state index in [1.165, 1.54) is 18.7 Å². The molecule has 0 unspecified atom stereocenters. The van der Waals surface area contributed by atoms with Gasteiger partial charge in [0.15, 0.2) is 5.12 Å². The number of hydrogen-bond acceptors (Lipinski definition) is 7. The number of aliphatic carboxylic acids is 2. The molecule has 0 spiro atoms. The van der Waals surface area contributed by atoms with E-state index in [0.717, 1.165) is 24.2 Å². The maximum absolute atomic E-state index is 13.5. The number of thioether (sulfide) groups is 1. The Balaban J connectivity index is 0.000000947. The number of carboxylic acid groups (broad SMARTS) is 2. The summed E-state index contributed by atoms with van der Waals surface area (Å²) in [6.07, 6.45) is 2.26. The molecule has 12 heteroatoms. The van der Waals surface area contributed by atoms with E-state index < -0.39 is 18.0 Å². The average Bonchev–Trinajstić information content (AvgIpc) is 2.98. The third-order valence-electron chi connectivity index (χ3n) is 6.53. The monoisotopic (exact) mass is 628 g/mol. The first-order valence-electron chi connectivity index (χ1n) is 13.9. The highest BCUT2D eigenvalue weighted by molar-refractivity contribution is 8.13. The molecule has 1 heterocycles. The number of urea groups is 1. The molecule has 0 aliphatic carbocycles. The van der Waals surface area contributed by atoms with Gasteiger partial charge in [-0.1, -0.05) is 79.9 Å². The first kappa shape index (κ1) is 37.9. The summed E-state index contributed by atoms with van der Waals surface area (Å²) in [7, 11) is 2.05. The van der Waals surface area contributed by atoms with Crippen LogP contribution in [0.1, 0.15) is 25.5 Å². The SMILES string of the molecule is C.CC(=O)SCCN(CCc1ccccc1)C(=O)N[C@@H](Cc1ccccc1)C(=O)N1CCN(C)CC1.O=C(O)/C=C/C(=O)O. The maximum atomic E-state index is 13.5. The number of nitrogens with one attached hydrogen (secondary N) is 1. The number of hydrogen-bond donors (Lipinski definition) is 3. The minimum Gasteiger partial charge on any atom is -0.478 e. The van der Waals surface area contributed by atoms with Gasteiger partial charge >= 0.3 is 18.0 Å². The lowest BCUT2D eigenvalue weighted by molar-refractivity contribution is -0.135. The molecule has 3 rings (SSSR count). The van der Waals surface area contributed by atoms with Crippen LogP contribution in [-0.4, -0.2) is 112 Å². The summed E-state index contributed by atoms with van der Waals surface area (Å²) in [5.74, 6) is -2.04. The van der Waals surface area contributed by atoms with Crippen LogP contribution in [0.2, 0.25) is 0 Å². The summed E-state index contributed by atoms with van der Waals surface area (Å²) >= 11 is 1.21. The molecule has 1 aliphatic rings. The van der Waals surface area contributed by atoms with Crippen molar-refractivity contribution in [2.45, 2.75) is 33.2 Å². The summed E-state index contributed by atoms with van der Waals surface area (Å²) in [6, 6.07) is 18.9. The minimum absolute atomic E-state index is 0. The molecule has 0 radical (unpaired) electrons. The van der Waals surface area contributed by atoms with E-state index in [9.17, 15) is 24.0 Å². The van der Waals surface area contributed by atoms with Crippen LogP contribution >= 0.6 is 11.8 Å². The zero-order chi connectivity index (χ0) is 31.6. The molecule has 1 atom stereocenters. The fourth-order valence-corrected chi connectivity index (χ4v) is 4.80. The van der Waals surface area contributed by atoms with Gasteiger partial charge in [-0.3, -0.25) is 9.59 Å². The third kappa shape index (κ3) is 15.4. The Hall–Kier alpha value is -4.16. The predicted molar refractivity (Wildman–Crippen MR) is 173 cm³/mol. The standard InChI is InChI=1S/C27H36N4O3S.C4H4O4.CH4/c1-22(32)35-20-19-31(14-13-23-9-5-3-6-10-23)27(34)28-25(21-24-11-7-4-8-12-24)26(33)30-17-15-29(2)16-18-30;5-3(6)1-2-4(7)8;/h3-12,25H,13-21H2,1-2H3,(H,28,34);1-2H,(H,5,6)(H,7,8);1H4/b;2-1+;/t25-;;/m0../s1. The smallest absolute Gasteiger partial charge is 0.328 e. The lowest BCUT2D eigenvalue weighted by Gasteiger charge is -2.35. The van der Waals surface area contributed by atoms with Crippen LogP contribution in [-0.2, 0) is 32.0 Å². The highest BCUT2D eigenvalue weighted by Gasteiger charge is 2.29. The maximum Gasteiger partial charge on any atom is 0.328 e. The Labute approximate surface area is 263 Å². The van der Waals surface area contributed by atoms with Gasteiger partial charge in [-0.25, -0.2) is 14.4 Å². The second kappa shape index (κ2) is 20.7. The van der Waals surface area contributed by atoms with Crippen molar-refractivity contribution < 1.29 is 34.2 Å². The molecule has 44 heavy (non-hydrogen) atoms. The van der Waals surface area contributed by atoms with Crippen LogP contribution < -0.4 is 5.32 Å². The average molecular weight is 629 g/mol. The molecule has 1 fully saturated rings. The molecular formula is C32H44N4O7S. The van der Waals surface area contributed by atoms with Gasteiger partial charge in [-0.15, -0.1) is 0 Å². The van der Waals surface area contributed by atoms with Crippen molar-refractivity contribution in [1.29, 1.82) is 0 Å². The fraction of sp³-hybridized carbons (Fsp3) is 0.406. The zero-order valence-corrected chi connectivity index (χ0v) is 25.4. The van der Waals surface area contributed by atoms with Gasteiger partial charge in [-0.2, -0.15) is 0 Å². The Kier molecular flexibility index (Phi) is 17.8.